The Morgan fingerprint density at radius 2 is 0.487 bits per heavy atom. The van der Waals surface area contributed by atoms with Crippen molar-refractivity contribution in [2.45, 2.75) is 90.0 Å². The van der Waals surface area contributed by atoms with Crippen LogP contribution >= 0.6 is 0 Å². The van der Waals surface area contributed by atoms with Crippen LogP contribution < -0.4 is 5.32 Å². The van der Waals surface area contributed by atoms with E-state index in [1.54, 1.807) is 0 Å². The van der Waals surface area contributed by atoms with Crippen LogP contribution in [-0.2, 0) is 0 Å². The molecule has 19 aromatic rings. The molecule has 0 radical (unpaired) electrons. The molecule has 0 saturated heterocycles. The zero-order valence-electron chi connectivity index (χ0n) is 66.3. The van der Waals surface area contributed by atoms with Gasteiger partial charge >= 0.3 is 0 Å². The Morgan fingerprint density at radius 1 is 0.248 bits per heavy atom. The molecular formula is C92H73N25. The first kappa shape index (κ1) is 72.0. The van der Waals surface area contributed by atoms with Gasteiger partial charge in [0.15, 0.2) is 52.4 Å². The first-order chi connectivity index (χ1) is 56.7. The van der Waals surface area contributed by atoms with Crippen molar-refractivity contribution >= 4 is 71.1 Å². The summed E-state index contributed by atoms with van der Waals surface area (Å²) >= 11 is 0. The van der Waals surface area contributed by atoms with Crippen molar-refractivity contribution in [3.8, 4) is 120 Å². The third kappa shape index (κ3) is 13.1. The van der Waals surface area contributed by atoms with Crippen molar-refractivity contribution < 1.29 is 0 Å². The Hall–Kier alpha value is -15.3. The fraction of sp³-hybridized carbons (Fsp3) is 0.141. The summed E-state index contributed by atoms with van der Waals surface area (Å²) in [5.41, 5.74) is 15.5. The van der Waals surface area contributed by atoms with E-state index in [9.17, 15) is 0 Å². The summed E-state index contributed by atoms with van der Waals surface area (Å²) < 4.78 is 6.88. The predicted molar refractivity (Wildman–Crippen MR) is 456 cm³/mol. The molecule has 0 aliphatic rings. The molecule has 566 valence electrons. The van der Waals surface area contributed by atoms with Gasteiger partial charge in [-0.15, -0.1) is 0 Å². The average Bonchev–Trinajstić information content (AvgIpc) is 1.58. The van der Waals surface area contributed by atoms with Crippen LogP contribution in [0, 0.1) is 83.1 Å². The van der Waals surface area contributed by atoms with Gasteiger partial charge < -0.3 is 19.0 Å². The minimum atomic E-state index is 0.339. The van der Waals surface area contributed by atoms with Crippen LogP contribution in [0.5, 0.6) is 0 Å². The van der Waals surface area contributed by atoms with Gasteiger partial charge in [-0.2, -0.15) is 0 Å². The van der Waals surface area contributed by atoms with E-state index >= 15 is 0 Å². The quantitative estimate of drug-likeness (QED) is 0.0932. The van der Waals surface area contributed by atoms with Crippen molar-refractivity contribution in [2.24, 2.45) is 0 Å². The number of nitrogens with one attached hydrogen (secondary N) is 1. The van der Waals surface area contributed by atoms with E-state index in [1.807, 2.05) is 145 Å². The van der Waals surface area contributed by atoms with Crippen LogP contribution in [0.15, 0.2) is 200 Å². The standard InChI is InChI=1S/C92H73N25/c1-15-21-46(2)93-72-24-19-25-79(115-73-34-28-60(85-100-47(3)94-48(4)101-85)40-66(73)67-41-61(29-35-74(67)115)86-102-49(5)95-50(6)103-86)82(72)91-112-84(59-22-17-16-18-23-59)113-92(114-91)83-80(116-75-36-30-62(87-104-51(7)96-52(8)105-87)42-68(75)69-43-63(31-37-76(69)116)88-106-53(9)97-54(10)107-88)26-20-27-81(83)117-77-38-32-64(89-108-55(11)98-56(12)109-89)44-70(77)71-45-65(33-39-78(71)117)90-110-57(13)99-58(14)111-90/h15-45,93H,2H2,1,3-14H3/b21-15-. The number of allylic oxidation sites excluding steroid dienone is 2. The lowest BCUT2D eigenvalue weighted by Crippen LogP contribution is -2.09. The molecule has 0 bridgehead atoms. The van der Waals surface area contributed by atoms with Crippen LogP contribution in [0.3, 0.4) is 0 Å². The largest absolute Gasteiger partial charge is 0.355 e. The number of benzene rings is 9. The number of anilines is 1. The smallest absolute Gasteiger partial charge is 0.168 e. The molecular weight excluding hydrogens is 1460 g/mol. The minimum Gasteiger partial charge on any atom is -0.355 e. The molecule has 0 amide bonds. The monoisotopic (exact) mass is 1530 g/mol. The third-order valence-electron chi connectivity index (χ3n) is 20.6. The molecule has 25 heteroatoms. The van der Waals surface area contributed by atoms with E-state index in [-0.39, 0.29) is 0 Å². The Kier molecular flexibility index (Phi) is 17.5. The second-order valence-electron chi connectivity index (χ2n) is 29.1. The maximum absolute atomic E-state index is 6.04. The zero-order chi connectivity index (χ0) is 80.3. The van der Waals surface area contributed by atoms with Gasteiger partial charge in [0.1, 0.15) is 69.9 Å². The first-order valence-electron chi connectivity index (χ1n) is 38.3. The van der Waals surface area contributed by atoms with Crippen LogP contribution in [0.25, 0.3) is 185 Å². The third-order valence-corrected chi connectivity index (χ3v) is 20.6. The summed E-state index contributed by atoms with van der Waals surface area (Å²) in [6.07, 6.45) is 3.90. The van der Waals surface area contributed by atoms with E-state index in [1.165, 1.54) is 0 Å². The molecule has 19 rings (SSSR count). The van der Waals surface area contributed by atoms with Gasteiger partial charge in [-0.3, -0.25) is 0 Å². The van der Waals surface area contributed by atoms with E-state index in [4.69, 9.17) is 74.8 Å². The molecule has 0 spiro atoms. The Morgan fingerprint density at radius 3 is 0.761 bits per heavy atom. The fourth-order valence-electron chi connectivity index (χ4n) is 16.1. The summed E-state index contributed by atoms with van der Waals surface area (Å²) in [6, 6.07) is 60.8. The number of hydrogen-bond donors (Lipinski definition) is 1. The summed E-state index contributed by atoms with van der Waals surface area (Å²) in [5.74, 6) is 11.7. The summed E-state index contributed by atoms with van der Waals surface area (Å²) in [5, 5.41) is 9.18. The molecule has 0 aliphatic heterocycles. The van der Waals surface area contributed by atoms with E-state index in [0.717, 1.165) is 121 Å². The van der Waals surface area contributed by atoms with Crippen molar-refractivity contribution in [1.29, 1.82) is 0 Å². The van der Waals surface area contributed by atoms with Crippen molar-refractivity contribution in [2.75, 3.05) is 5.32 Å². The second-order valence-corrected chi connectivity index (χ2v) is 29.1. The molecule has 10 heterocycles. The summed E-state index contributed by atoms with van der Waals surface area (Å²) in [7, 11) is 0. The van der Waals surface area contributed by atoms with Gasteiger partial charge in [0.05, 0.1) is 67.0 Å². The number of aryl methyl sites for hydroxylation is 12. The molecule has 10 aromatic heterocycles. The van der Waals surface area contributed by atoms with Gasteiger partial charge in [0, 0.05) is 77.0 Å². The molecule has 0 unspecified atom stereocenters. The van der Waals surface area contributed by atoms with E-state index in [2.05, 4.69) is 189 Å². The topological polar surface area (TPSA) is 298 Å². The lowest BCUT2D eigenvalue weighted by Gasteiger charge is -2.21. The predicted octanol–water partition coefficient (Wildman–Crippen LogP) is 18.5. The maximum Gasteiger partial charge on any atom is 0.168 e. The van der Waals surface area contributed by atoms with E-state index in [0.29, 0.717) is 145 Å². The molecule has 1 N–H and O–H groups in total. The number of fused-ring (bicyclic) bond motifs is 9. The lowest BCUT2D eigenvalue weighted by atomic mass is 10.1. The van der Waals surface area contributed by atoms with Gasteiger partial charge in [-0.05, 0) is 230 Å². The molecule has 0 aliphatic carbocycles. The number of hydrogen-bond acceptors (Lipinski definition) is 22. The molecule has 0 saturated carbocycles. The Labute approximate surface area is 670 Å². The molecule has 25 nitrogen and oxygen atoms in total. The highest BCUT2D eigenvalue weighted by Gasteiger charge is 2.30. The number of nitrogens with zero attached hydrogens (tertiary/aromatic N) is 24. The highest BCUT2D eigenvalue weighted by molar-refractivity contribution is 6.15. The second kappa shape index (κ2) is 28.4. The number of rotatable bonds is 15. The van der Waals surface area contributed by atoms with Crippen molar-refractivity contribution in [3.63, 3.8) is 0 Å². The fourth-order valence-corrected chi connectivity index (χ4v) is 16.1. The summed E-state index contributed by atoms with van der Waals surface area (Å²) in [4.78, 5) is 104. The number of aromatic nitrogens is 24. The minimum absolute atomic E-state index is 0.339. The normalized spacial score (nSPS) is 11.8. The van der Waals surface area contributed by atoms with Crippen molar-refractivity contribution in [1.82, 2.24) is 118 Å². The van der Waals surface area contributed by atoms with Crippen LogP contribution in [-0.4, -0.2) is 118 Å². The van der Waals surface area contributed by atoms with Crippen molar-refractivity contribution in [3.05, 3.63) is 270 Å². The lowest BCUT2D eigenvalue weighted by molar-refractivity contribution is 0.928. The molecule has 117 heavy (non-hydrogen) atoms. The zero-order valence-corrected chi connectivity index (χ0v) is 66.3. The molecule has 0 atom stereocenters. The SMILES string of the molecule is C=C(/C=C\C)Nc1cccc(-n2c3ccc(-c4nc(C)nc(C)n4)cc3c3cc(-c4nc(C)nc(C)n4)ccc32)c1-c1nc(-c2ccccc2)nc(-c2c(-n3c4ccc(-c5nc(C)nc(C)n5)cc4c4cc(-c5nc(C)nc(C)n5)ccc43)cccc2-n2c3ccc(-c4nc(C)nc(C)n4)cc3c3cc(-c4nc(C)nc(C)n4)ccc32)n1. The van der Waals surface area contributed by atoms with Gasteiger partial charge in [0.2, 0.25) is 0 Å². The van der Waals surface area contributed by atoms with Crippen LogP contribution in [0.2, 0.25) is 0 Å². The van der Waals surface area contributed by atoms with E-state index < -0.39 is 0 Å². The van der Waals surface area contributed by atoms with Gasteiger partial charge in [0.25, 0.3) is 0 Å². The maximum atomic E-state index is 6.04. The summed E-state index contributed by atoms with van der Waals surface area (Å²) in [6.45, 7) is 29.1. The Bertz CT molecular complexity index is 6750. The Balaban J connectivity index is 0.946. The highest BCUT2D eigenvalue weighted by Crippen LogP contribution is 2.47. The average molecular weight is 1530 g/mol. The van der Waals surface area contributed by atoms with Gasteiger partial charge in [-0.25, -0.2) is 105 Å². The highest BCUT2D eigenvalue weighted by atomic mass is 15.1. The molecule has 0 fully saturated rings. The van der Waals surface area contributed by atoms with Crippen LogP contribution in [0.1, 0.15) is 76.8 Å². The van der Waals surface area contributed by atoms with Crippen LogP contribution in [0.4, 0.5) is 5.69 Å². The van der Waals surface area contributed by atoms with Gasteiger partial charge in [-0.1, -0.05) is 55.1 Å². The molecule has 9 aromatic carbocycles. The first-order valence-corrected chi connectivity index (χ1v) is 38.3.